The predicted octanol–water partition coefficient (Wildman–Crippen LogP) is 2.14. The van der Waals surface area contributed by atoms with E-state index >= 15 is 0 Å². The average Bonchev–Trinajstić information content (AvgIpc) is 2.17. The van der Waals surface area contributed by atoms with Crippen LogP contribution in [0.5, 0.6) is 11.5 Å². The van der Waals surface area contributed by atoms with Gasteiger partial charge in [-0.15, -0.1) is 0 Å². The molecule has 6 heteroatoms. The van der Waals surface area contributed by atoms with Crippen LogP contribution in [0, 0.1) is 5.82 Å². The van der Waals surface area contributed by atoms with Gasteiger partial charge in [-0.2, -0.15) is 0 Å². The Morgan fingerprint density at radius 1 is 1.73 bits per heavy atom. The molecule has 0 aliphatic carbocycles. The number of aromatic hydroxyl groups is 1. The van der Waals surface area contributed by atoms with Crippen molar-refractivity contribution in [3.8, 4) is 11.5 Å². The van der Waals surface area contributed by atoms with Gasteiger partial charge in [0.25, 0.3) is 0 Å². The van der Waals surface area contributed by atoms with Gasteiger partial charge in [0, 0.05) is 10.0 Å². The topological polar surface area (TPSA) is 58.9 Å². The fourth-order valence-corrected chi connectivity index (χ4v) is 1.59. The summed E-state index contributed by atoms with van der Waals surface area (Å²) in [5.74, 6) is -1.33. The van der Waals surface area contributed by atoms with E-state index in [9.17, 15) is 14.3 Å². The molecule has 0 bridgehead atoms. The van der Waals surface area contributed by atoms with Crippen molar-refractivity contribution in [3.63, 3.8) is 0 Å². The van der Waals surface area contributed by atoms with Crippen LogP contribution in [0.15, 0.2) is 15.5 Å². The molecule has 1 aromatic carbocycles. The Kier molecular flexibility index (Phi) is 3.82. The quantitative estimate of drug-likeness (QED) is 0.679. The van der Waals surface area contributed by atoms with Crippen LogP contribution >= 0.6 is 15.9 Å². The molecular formula is C9H7BrFNO3. The summed E-state index contributed by atoms with van der Waals surface area (Å²) < 4.78 is 18.6. The second kappa shape index (κ2) is 4.91. The maximum Gasteiger partial charge on any atom is 0.235 e. The molecule has 0 radical (unpaired) electrons. The summed E-state index contributed by atoms with van der Waals surface area (Å²) in [6.45, 7) is -0.160. The van der Waals surface area contributed by atoms with Crippen molar-refractivity contribution < 1.29 is 19.0 Å². The minimum Gasteiger partial charge on any atom is -0.504 e. The first kappa shape index (κ1) is 11.7. The molecule has 0 heterocycles. The van der Waals surface area contributed by atoms with E-state index in [1.807, 2.05) is 0 Å². The number of isocyanates is 1. The van der Waals surface area contributed by atoms with Crippen LogP contribution in [0.25, 0.3) is 0 Å². The largest absolute Gasteiger partial charge is 0.504 e. The minimum atomic E-state index is -0.747. The Morgan fingerprint density at radius 2 is 2.40 bits per heavy atom. The van der Waals surface area contributed by atoms with Crippen molar-refractivity contribution in [1.82, 2.24) is 0 Å². The zero-order valence-electron chi connectivity index (χ0n) is 7.75. The van der Waals surface area contributed by atoms with Gasteiger partial charge in [-0.3, -0.25) is 0 Å². The number of methoxy groups -OCH3 is 1. The lowest BCUT2D eigenvalue weighted by molar-refractivity contribution is 0.349. The first-order chi connectivity index (χ1) is 7.11. The molecule has 1 N–H and O–H groups in total. The molecule has 80 valence electrons. The highest BCUT2D eigenvalue weighted by molar-refractivity contribution is 9.10. The Morgan fingerprint density at radius 3 is 2.93 bits per heavy atom. The number of halogens is 2. The van der Waals surface area contributed by atoms with E-state index in [4.69, 9.17) is 0 Å². The van der Waals surface area contributed by atoms with E-state index in [1.54, 1.807) is 0 Å². The van der Waals surface area contributed by atoms with Crippen LogP contribution in [0.4, 0.5) is 4.39 Å². The molecule has 0 spiro atoms. The van der Waals surface area contributed by atoms with Crippen LogP contribution in [0.1, 0.15) is 5.56 Å². The number of hydrogen-bond acceptors (Lipinski definition) is 4. The molecule has 0 aromatic heterocycles. The standard InChI is InChI=1S/C9H7BrFNO3/c1-15-9-7(14)2-6(10)5(8(9)11)3-12-4-13/h2,14H,3H2,1H3. The maximum atomic E-state index is 13.6. The lowest BCUT2D eigenvalue weighted by atomic mass is 10.2. The third kappa shape index (κ3) is 2.34. The summed E-state index contributed by atoms with van der Waals surface area (Å²) in [4.78, 5) is 13.2. The van der Waals surface area contributed by atoms with E-state index < -0.39 is 5.82 Å². The highest BCUT2D eigenvalue weighted by Crippen LogP contribution is 2.36. The zero-order chi connectivity index (χ0) is 11.4. The van der Waals surface area contributed by atoms with Crippen molar-refractivity contribution in [1.29, 1.82) is 0 Å². The molecule has 1 aromatic rings. The highest BCUT2D eigenvalue weighted by atomic mass is 79.9. The van der Waals surface area contributed by atoms with Crippen molar-refractivity contribution >= 4 is 22.0 Å². The molecule has 0 atom stereocenters. The molecule has 0 fully saturated rings. The van der Waals surface area contributed by atoms with Crippen LogP contribution in [0.3, 0.4) is 0 Å². The SMILES string of the molecule is COc1c(O)cc(Br)c(CN=C=O)c1F. The highest BCUT2D eigenvalue weighted by Gasteiger charge is 2.17. The summed E-state index contributed by atoms with van der Waals surface area (Å²) in [5, 5.41) is 9.32. The molecule has 1 rings (SSSR count). The smallest absolute Gasteiger partial charge is 0.235 e. The third-order valence-electron chi connectivity index (χ3n) is 1.75. The van der Waals surface area contributed by atoms with Crippen LogP contribution < -0.4 is 4.74 Å². The monoisotopic (exact) mass is 275 g/mol. The summed E-state index contributed by atoms with van der Waals surface area (Å²) >= 11 is 3.05. The Hall–Kier alpha value is -1.39. The van der Waals surface area contributed by atoms with Gasteiger partial charge in [0.1, 0.15) is 0 Å². The van der Waals surface area contributed by atoms with Crippen molar-refractivity contribution in [3.05, 3.63) is 21.9 Å². The average molecular weight is 276 g/mol. The van der Waals surface area contributed by atoms with Gasteiger partial charge in [0.15, 0.2) is 17.3 Å². The Balaban J connectivity index is 3.31. The number of nitrogens with zero attached hydrogens (tertiary/aromatic N) is 1. The molecule has 15 heavy (non-hydrogen) atoms. The predicted molar refractivity (Wildman–Crippen MR) is 54.1 cm³/mol. The van der Waals surface area contributed by atoms with Crippen LogP contribution in [0.2, 0.25) is 0 Å². The van der Waals surface area contributed by atoms with Gasteiger partial charge < -0.3 is 9.84 Å². The number of ether oxygens (including phenoxy) is 1. The van der Waals surface area contributed by atoms with E-state index in [2.05, 4.69) is 25.7 Å². The maximum absolute atomic E-state index is 13.6. The second-order valence-electron chi connectivity index (χ2n) is 2.61. The van der Waals surface area contributed by atoms with Crippen molar-refractivity contribution in [2.75, 3.05) is 7.11 Å². The fraction of sp³-hybridized carbons (Fsp3) is 0.222. The molecule has 0 amide bonds. The number of aliphatic imine (C=N–C) groups is 1. The van der Waals surface area contributed by atoms with Gasteiger partial charge in [0.05, 0.1) is 13.7 Å². The molecule has 0 unspecified atom stereocenters. The number of carbonyl (C=O) groups excluding carboxylic acids is 1. The number of benzene rings is 1. The summed E-state index contributed by atoms with van der Waals surface area (Å²) in [6.07, 6.45) is 1.31. The second-order valence-corrected chi connectivity index (χ2v) is 3.47. The van der Waals surface area contributed by atoms with E-state index in [0.717, 1.165) is 0 Å². The van der Waals surface area contributed by atoms with Crippen molar-refractivity contribution in [2.45, 2.75) is 6.54 Å². The number of hydrogen-bond donors (Lipinski definition) is 1. The lowest BCUT2D eigenvalue weighted by Gasteiger charge is -2.09. The van der Waals surface area contributed by atoms with Gasteiger partial charge in [-0.25, -0.2) is 14.2 Å². The molecule has 0 saturated heterocycles. The molecule has 0 aliphatic rings. The summed E-state index contributed by atoms with van der Waals surface area (Å²) in [5.41, 5.74) is 0.132. The van der Waals surface area contributed by atoms with E-state index in [-0.39, 0.29) is 23.6 Å². The molecular weight excluding hydrogens is 269 g/mol. The Bertz CT molecular complexity index is 430. The zero-order valence-corrected chi connectivity index (χ0v) is 9.34. The first-order valence-corrected chi connectivity index (χ1v) is 4.68. The Labute approximate surface area is 93.5 Å². The van der Waals surface area contributed by atoms with Gasteiger partial charge >= 0.3 is 0 Å². The van der Waals surface area contributed by atoms with Crippen LogP contribution in [-0.2, 0) is 11.3 Å². The summed E-state index contributed by atoms with van der Waals surface area (Å²) in [7, 11) is 1.23. The first-order valence-electron chi connectivity index (χ1n) is 3.89. The van der Waals surface area contributed by atoms with Gasteiger partial charge in [-0.05, 0) is 6.07 Å². The normalized spacial score (nSPS) is 9.53. The molecule has 0 aliphatic heterocycles. The summed E-state index contributed by atoms with van der Waals surface area (Å²) in [6, 6.07) is 1.28. The number of rotatable bonds is 3. The van der Waals surface area contributed by atoms with E-state index in [1.165, 1.54) is 19.3 Å². The van der Waals surface area contributed by atoms with Crippen LogP contribution in [-0.4, -0.2) is 18.3 Å². The molecule has 0 saturated carbocycles. The van der Waals surface area contributed by atoms with Crippen molar-refractivity contribution in [2.24, 2.45) is 4.99 Å². The fourth-order valence-electron chi connectivity index (χ4n) is 1.08. The van der Waals surface area contributed by atoms with Gasteiger partial charge in [0.2, 0.25) is 6.08 Å². The number of phenols is 1. The third-order valence-corrected chi connectivity index (χ3v) is 2.46. The molecule has 4 nitrogen and oxygen atoms in total. The van der Waals surface area contributed by atoms with Gasteiger partial charge in [-0.1, -0.05) is 15.9 Å². The number of phenolic OH excluding ortho intramolecular Hbond substituents is 1. The lowest BCUT2D eigenvalue weighted by Crippen LogP contribution is -1.96. The van der Waals surface area contributed by atoms with E-state index in [0.29, 0.717) is 4.47 Å². The minimum absolute atomic E-state index is 0.132.